The van der Waals surface area contributed by atoms with Crippen LogP contribution in [0, 0.1) is 18.8 Å². The summed E-state index contributed by atoms with van der Waals surface area (Å²) < 4.78 is 0. The first-order chi connectivity index (χ1) is 11.2. The summed E-state index contributed by atoms with van der Waals surface area (Å²) in [5.74, 6) is 6.71. The van der Waals surface area contributed by atoms with Gasteiger partial charge in [0.05, 0.1) is 5.92 Å². The predicted molar refractivity (Wildman–Crippen MR) is 101 cm³/mol. The largest absolute Gasteiger partial charge is 0.102 e. The fourth-order valence-electron chi connectivity index (χ4n) is 2.28. The van der Waals surface area contributed by atoms with E-state index in [9.17, 15) is 0 Å². The van der Waals surface area contributed by atoms with E-state index >= 15 is 0 Å². The van der Waals surface area contributed by atoms with Gasteiger partial charge in [-0.3, -0.25) is 0 Å². The van der Waals surface area contributed by atoms with Gasteiger partial charge in [-0.25, -0.2) is 0 Å². The van der Waals surface area contributed by atoms with Crippen molar-refractivity contribution in [3.8, 4) is 11.8 Å². The highest BCUT2D eigenvalue weighted by Gasteiger charge is 2.07. The van der Waals surface area contributed by atoms with Crippen molar-refractivity contribution in [3.63, 3.8) is 0 Å². The van der Waals surface area contributed by atoms with Crippen LogP contribution in [0.5, 0.6) is 0 Å². The summed E-state index contributed by atoms with van der Waals surface area (Å²) in [5, 5.41) is 0.751. The van der Waals surface area contributed by atoms with Gasteiger partial charge in [-0.1, -0.05) is 91.0 Å². The monoisotopic (exact) mass is 322 g/mol. The van der Waals surface area contributed by atoms with E-state index in [0.717, 1.165) is 23.4 Å². The molecular weight excluding hydrogens is 300 g/mol. The third-order valence-electron chi connectivity index (χ3n) is 3.71. The molecule has 1 heteroatoms. The zero-order valence-electron chi connectivity index (χ0n) is 13.9. The second-order valence-electron chi connectivity index (χ2n) is 5.69. The third-order valence-corrected chi connectivity index (χ3v) is 4.06. The summed E-state index contributed by atoms with van der Waals surface area (Å²) in [7, 11) is 0. The van der Waals surface area contributed by atoms with E-state index in [2.05, 4.69) is 56.0 Å². The number of aryl methyl sites for hydroxylation is 1. The Balaban J connectivity index is 2.28. The standard InChI is InChI=1S/C22H23Cl/c1-3-4-5-7-12-21(19-15-13-18(2)14-16-19)17-22(23)20-10-8-6-9-11-20/h6,8-11,13-17,21H,3-5H2,1-2H3/b22-17+. The molecule has 0 fully saturated rings. The summed E-state index contributed by atoms with van der Waals surface area (Å²) in [6.45, 7) is 4.28. The summed E-state index contributed by atoms with van der Waals surface area (Å²) in [6.07, 6.45) is 5.31. The highest BCUT2D eigenvalue weighted by Crippen LogP contribution is 2.26. The lowest BCUT2D eigenvalue weighted by molar-refractivity contribution is 0.827. The first-order valence-corrected chi connectivity index (χ1v) is 8.56. The lowest BCUT2D eigenvalue weighted by Crippen LogP contribution is -1.93. The molecule has 1 unspecified atom stereocenters. The molecule has 0 heterocycles. The molecule has 0 radical (unpaired) electrons. The van der Waals surface area contributed by atoms with Crippen molar-refractivity contribution in [2.45, 2.75) is 39.0 Å². The lowest BCUT2D eigenvalue weighted by atomic mass is 9.97. The van der Waals surface area contributed by atoms with E-state index in [1.54, 1.807) is 0 Å². The molecule has 0 bridgehead atoms. The Hall–Kier alpha value is -1.97. The maximum Gasteiger partial charge on any atom is 0.0650 e. The number of rotatable bonds is 5. The van der Waals surface area contributed by atoms with Gasteiger partial charge in [-0.15, -0.1) is 5.92 Å². The van der Waals surface area contributed by atoms with Crippen LogP contribution in [0.25, 0.3) is 5.03 Å². The smallest absolute Gasteiger partial charge is 0.0650 e. The molecule has 2 aromatic carbocycles. The Kier molecular flexibility index (Phi) is 6.98. The number of benzene rings is 2. The second-order valence-corrected chi connectivity index (χ2v) is 6.10. The van der Waals surface area contributed by atoms with Crippen LogP contribution in [-0.4, -0.2) is 0 Å². The number of halogens is 1. The molecule has 1 atom stereocenters. The van der Waals surface area contributed by atoms with Gasteiger partial charge in [-0.05, 0) is 30.5 Å². The number of unbranched alkanes of at least 4 members (excludes halogenated alkanes) is 2. The SMILES string of the molecule is CCCCC#CC(/C=C(/Cl)c1ccccc1)c1ccc(C)cc1. The molecule has 0 aromatic heterocycles. The van der Waals surface area contributed by atoms with Crippen molar-refractivity contribution in [3.05, 3.63) is 77.4 Å². The van der Waals surface area contributed by atoms with Crippen molar-refractivity contribution in [1.82, 2.24) is 0 Å². The van der Waals surface area contributed by atoms with Gasteiger partial charge in [0.1, 0.15) is 0 Å². The van der Waals surface area contributed by atoms with Crippen molar-refractivity contribution in [2.24, 2.45) is 0 Å². The van der Waals surface area contributed by atoms with Crippen LogP contribution in [-0.2, 0) is 0 Å². The first kappa shape index (κ1) is 17.4. The summed E-state index contributed by atoms with van der Waals surface area (Å²) in [5.41, 5.74) is 3.47. The number of hydrogen-bond acceptors (Lipinski definition) is 0. The van der Waals surface area contributed by atoms with E-state index in [-0.39, 0.29) is 5.92 Å². The molecule has 0 aliphatic heterocycles. The quantitative estimate of drug-likeness (QED) is 0.432. The van der Waals surface area contributed by atoms with Crippen LogP contribution in [0.4, 0.5) is 0 Å². The van der Waals surface area contributed by atoms with E-state index in [1.165, 1.54) is 17.5 Å². The van der Waals surface area contributed by atoms with Gasteiger partial charge in [0.15, 0.2) is 0 Å². The van der Waals surface area contributed by atoms with Gasteiger partial charge in [0.25, 0.3) is 0 Å². The van der Waals surface area contributed by atoms with Gasteiger partial charge >= 0.3 is 0 Å². The molecule has 23 heavy (non-hydrogen) atoms. The third kappa shape index (κ3) is 5.62. The normalized spacial score (nSPS) is 12.4. The molecule has 118 valence electrons. The molecule has 0 saturated carbocycles. The van der Waals surface area contributed by atoms with Crippen molar-refractivity contribution < 1.29 is 0 Å². The molecule has 2 aromatic rings. The molecule has 0 N–H and O–H groups in total. The topological polar surface area (TPSA) is 0 Å². The van der Waals surface area contributed by atoms with Gasteiger partial charge < -0.3 is 0 Å². The molecule has 0 nitrogen and oxygen atoms in total. The molecular formula is C22H23Cl. The Morgan fingerprint density at radius 2 is 1.78 bits per heavy atom. The Morgan fingerprint density at radius 3 is 2.43 bits per heavy atom. The van der Waals surface area contributed by atoms with Gasteiger partial charge in [0.2, 0.25) is 0 Å². The Bertz CT molecular complexity index is 684. The average molecular weight is 323 g/mol. The van der Waals surface area contributed by atoms with Crippen molar-refractivity contribution in [1.29, 1.82) is 0 Å². The fraction of sp³-hybridized carbons (Fsp3) is 0.273. The zero-order valence-corrected chi connectivity index (χ0v) is 14.6. The van der Waals surface area contributed by atoms with Gasteiger partial charge in [-0.2, -0.15) is 0 Å². The minimum absolute atomic E-state index is 0.0279. The van der Waals surface area contributed by atoms with E-state index < -0.39 is 0 Å². The summed E-state index contributed by atoms with van der Waals surface area (Å²) >= 11 is 6.52. The molecule has 2 rings (SSSR count). The fourth-order valence-corrected chi connectivity index (χ4v) is 2.53. The molecule has 0 spiro atoms. The van der Waals surface area contributed by atoms with E-state index in [4.69, 9.17) is 11.6 Å². The Labute approximate surface area is 145 Å². The lowest BCUT2D eigenvalue weighted by Gasteiger charge is -2.09. The number of hydrogen-bond donors (Lipinski definition) is 0. The van der Waals surface area contributed by atoms with Crippen LogP contribution < -0.4 is 0 Å². The van der Waals surface area contributed by atoms with E-state index in [0.29, 0.717) is 0 Å². The number of allylic oxidation sites excluding steroid dienone is 1. The highest BCUT2D eigenvalue weighted by atomic mass is 35.5. The molecule has 0 aliphatic carbocycles. The zero-order chi connectivity index (χ0) is 16.5. The van der Waals surface area contributed by atoms with Gasteiger partial charge in [0, 0.05) is 11.5 Å². The van der Waals surface area contributed by atoms with Crippen molar-refractivity contribution in [2.75, 3.05) is 0 Å². The highest BCUT2D eigenvalue weighted by molar-refractivity contribution is 6.48. The predicted octanol–water partition coefficient (Wildman–Crippen LogP) is 6.55. The van der Waals surface area contributed by atoms with Crippen LogP contribution >= 0.6 is 11.6 Å². The maximum absolute atomic E-state index is 6.52. The Morgan fingerprint density at radius 1 is 1.09 bits per heavy atom. The summed E-state index contributed by atoms with van der Waals surface area (Å²) in [6, 6.07) is 18.6. The molecule has 0 saturated heterocycles. The average Bonchev–Trinajstić information content (AvgIpc) is 2.59. The maximum atomic E-state index is 6.52. The van der Waals surface area contributed by atoms with Crippen molar-refractivity contribution >= 4 is 16.6 Å². The second kappa shape index (κ2) is 9.23. The minimum Gasteiger partial charge on any atom is -0.102 e. The van der Waals surface area contributed by atoms with Crippen LogP contribution in [0.2, 0.25) is 0 Å². The van der Waals surface area contributed by atoms with E-state index in [1.807, 2.05) is 30.3 Å². The minimum atomic E-state index is 0.0279. The molecule has 0 aliphatic rings. The molecule has 0 amide bonds. The van der Waals surface area contributed by atoms with Crippen LogP contribution in [0.1, 0.15) is 48.8 Å². The first-order valence-electron chi connectivity index (χ1n) is 8.18. The summed E-state index contributed by atoms with van der Waals surface area (Å²) in [4.78, 5) is 0. The van der Waals surface area contributed by atoms with Crippen LogP contribution in [0.3, 0.4) is 0 Å². The van der Waals surface area contributed by atoms with Crippen LogP contribution in [0.15, 0.2) is 60.7 Å².